The van der Waals surface area contributed by atoms with Crippen molar-refractivity contribution < 1.29 is 9.53 Å². The summed E-state index contributed by atoms with van der Waals surface area (Å²) in [6, 6.07) is 6.26. The van der Waals surface area contributed by atoms with Crippen LogP contribution in [0.15, 0.2) is 18.2 Å². The number of hydrogen-bond donors (Lipinski definition) is 1. The quantitative estimate of drug-likeness (QED) is 0.610. The van der Waals surface area contributed by atoms with Gasteiger partial charge in [0, 0.05) is 13.1 Å². The number of hydrogen-bond acceptors (Lipinski definition) is 3. The Bertz CT molecular complexity index is 361. The summed E-state index contributed by atoms with van der Waals surface area (Å²) in [6.07, 6.45) is 0.418. The zero-order valence-corrected chi connectivity index (χ0v) is 10.2. The van der Waals surface area contributed by atoms with E-state index in [0.717, 1.165) is 6.54 Å². The monoisotopic (exact) mass is 221 g/mol. The van der Waals surface area contributed by atoms with Crippen molar-refractivity contribution in [3.05, 3.63) is 34.9 Å². The highest BCUT2D eigenvalue weighted by molar-refractivity contribution is 5.69. The summed E-state index contributed by atoms with van der Waals surface area (Å²) in [5.41, 5.74) is 3.89. The van der Waals surface area contributed by atoms with Gasteiger partial charge in [0.15, 0.2) is 0 Å². The number of esters is 1. The first-order valence-corrected chi connectivity index (χ1v) is 5.47. The fraction of sp³-hybridized carbons (Fsp3) is 0.462. The van der Waals surface area contributed by atoms with Crippen molar-refractivity contribution in [1.29, 1.82) is 0 Å². The summed E-state index contributed by atoms with van der Waals surface area (Å²) in [5.74, 6) is -0.173. The number of carbonyl (C=O) groups excluding carboxylic acids is 1. The van der Waals surface area contributed by atoms with E-state index in [4.69, 9.17) is 0 Å². The lowest BCUT2D eigenvalue weighted by Gasteiger charge is -2.09. The van der Waals surface area contributed by atoms with Gasteiger partial charge in [0.05, 0.1) is 13.5 Å². The van der Waals surface area contributed by atoms with E-state index < -0.39 is 0 Å². The fourth-order valence-corrected chi connectivity index (χ4v) is 1.52. The summed E-state index contributed by atoms with van der Waals surface area (Å²) in [5, 5.41) is 3.23. The number of aryl methyl sites for hydroxylation is 1. The van der Waals surface area contributed by atoms with Crippen LogP contribution in [0.4, 0.5) is 0 Å². The molecule has 0 bridgehead atoms. The SMILES string of the molecule is COC(=O)CCNCc1cccc(C)c1C. The summed E-state index contributed by atoms with van der Waals surface area (Å²) >= 11 is 0. The summed E-state index contributed by atoms with van der Waals surface area (Å²) in [4.78, 5) is 10.9. The number of benzene rings is 1. The van der Waals surface area contributed by atoms with Gasteiger partial charge in [-0.2, -0.15) is 0 Å². The number of nitrogens with one attached hydrogen (secondary N) is 1. The van der Waals surface area contributed by atoms with Gasteiger partial charge in [-0.1, -0.05) is 18.2 Å². The van der Waals surface area contributed by atoms with Crippen LogP contribution in [0.1, 0.15) is 23.1 Å². The molecular weight excluding hydrogens is 202 g/mol. The minimum absolute atomic E-state index is 0.173. The third-order valence-electron chi connectivity index (χ3n) is 2.77. The van der Waals surface area contributed by atoms with Crippen molar-refractivity contribution >= 4 is 5.97 Å². The highest BCUT2D eigenvalue weighted by atomic mass is 16.5. The van der Waals surface area contributed by atoms with Crippen LogP contribution in [0.5, 0.6) is 0 Å². The second-order valence-corrected chi connectivity index (χ2v) is 3.86. The molecule has 0 saturated carbocycles. The molecule has 0 saturated heterocycles. The van der Waals surface area contributed by atoms with E-state index in [0.29, 0.717) is 13.0 Å². The van der Waals surface area contributed by atoms with Gasteiger partial charge in [0.25, 0.3) is 0 Å². The molecular formula is C13H19NO2. The Kier molecular flexibility index (Phi) is 4.99. The molecule has 0 aliphatic rings. The average molecular weight is 221 g/mol. The lowest BCUT2D eigenvalue weighted by molar-refractivity contribution is -0.140. The lowest BCUT2D eigenvalue weighted by Crippen LogP contribution is -2.19. The molecule has 16 heavy (non-hydrogen) atoms. The van der Waals surface area contributed by atoms with E-state index in [-0.39, 0.29) is 5.97 Å². The van der Waals surface area contributed by atoms with Crippen molar-refractivity contribution in [1.82, 2.24) is 5.32 Å². The Hall–Kier alpha value is -1.35. The largest absolute Gasteiger partial charge is 0.469 e. The van der Waals surface area contributed by atoms with Crippen LogP contribution in [0, 0.1) is 13.8 Å². The maximum atomic E-state index is 10.9. The number of carbonyl (C=O) groups is 1. The van der Waals surface area contributed by atoms with Crippen LogP contribution in [0.2, 0.25) is 0 Å². The van der Waals surface area contributed by atoms with E-state index in [2.05, 4.69) is 42.1 Å². The van der Waals surface area contributed by atoms with Crippen LogP contribution >= 0.6 is 0 Å². The molecule has 0 aliphatic heterocycles. The van der Waals surface area contributed by atoms with Gasteiger partial charge in [0.2, 0.25) is 0 Å². The van der Waals surface area contributed by atoms with Gasteiger partial charge >= 0.3 is 5.97 Å². The van der Waals surface area contributed by atoms with E-state index in [1.807, 2.05) is 0 Å². The van der Waals surface area contributed by atoms with Gasteiger partial charge < -0.3 is 10.1 Å². The van der Waals surface area contributed by atoms with Gasteiger partial charge in [-0.25, -0.2) is 0 Å². The third-order valence-corrected chi connectivity index (χ3v) is 2.77. The maximum Gasteiger partial charge on any atom is 0.306 e. The van der Waals surface area contributed by atoms with E-state index in [1.165, 1.54) is 23.8 Å². The molecule has 0 radical (unpaired) electrons. The molecule has 0 aliphatic carbocycles. The Labute approximate surface area is 96.8 Å². The molecule has 0 spiro atoms. The van der Waals surface area contributed by atoms with Gasteiger partial charge in [-0.3, -0.25) is 4.79 Å². The molecule has 0 fully saturated rings. The molecule has 3 nitrogen and oxygen atoms in total. The summed E-state index contributed by atoms with van der Waals surface area (Å²) in [6.45, 7) is 5.67. The number of rotatable bonds is 5. The predicted molar refractivity (Wildman–Crippen MR) is 64.3 cm³/mol. The second-order valence-electron chi connectivity index (χ2n) is 3.86. The lowest BCUT2D eigenvalue weighted by atomic mass is 10.0. The van der Waals surface area contributed by atoms with E-state index in [1.54, 1.807) is 0 Å². The molecule has 1 aromatic carbocycles. The molecule has 0 atom stereocenters. The van der Waals surface area contributed by atoms with Crippen LogP contribution < -0.4 is 5.32 Å². The molecule has 0 unspecified atom stereocenters. The molecule has 1 N–H and O–H groups in total. The Morgan fingerprint density at radius 3 is 2.81 bits per heavy atom. The minimum atomic E-state index is -0.173. The number of ether oxygens (including phenoxy) is 1. The number of methoxy groups -OCH3 is 1. The summed E-state index contributed by atoms with van der Waals surface area (Å²) < 4.78 is 4.57. The summed E-state index contributed by atoms with van der Waals surface area (Å²) in [7, 11) is 1.41. The molecule has 88 valence electrons. The molecule has 0 heterocycles. The molecule has 1 rings (SSSR count). The smallest absolute Gasteiger partial charge is 0.306 e. The van der Waals surface area contributed by atoms with Gasteiger partial charge in [-0.15, -0.1) is 0 Å². The second kappa shape index (κ2) is 6.28. The van der Waals surface area contributed by atoms with Crippen molar-refractivity contribution in [3.8, 4) is 0 Å². The average Bonchev–Trinajstić information content (AvgIpc) is 2.29. The van der Waals surface area contributed by atoms with Crippen molar-refractivity contribution in [2.45, 2.75) is 26.8 Å². The first kappa shape index (κ1) is 12.7. The third kappa shape index (κ3) is 3.66. The van der Waals surface area contributed by atoms with E-state index >= 15 is 0 Å². The molecule has 1 aromatic rings. The van der Waals surface area contributed by atoms with Crippen LogP contribution in [-0.2, 0) is 16.1 Å². The predicted octanol–water partition coefficient (Wildman–Crippen LogP) is 1.96. The Morgan fingerprint density at radius 2 is 2.12 bits per heavy atom. The van der Waals surface area contributed by atoms with Gasteiger partial charge in [-0.05, 0) is 30.5 Å². The van der Waals surface area contributed by atoms with E-state index in [9.17, 15) is 4.79 Å². The maximum absolute atomic E-state index is 10.9. The fourth-order valence-electron chi connectivity index (χ4n) is 1.52. The first-order chi connectivity index (χ1) is 7.65. The Balaban J connectivity index is 2.38. The van der Waals surface area contributed by atoms with Crippen LogP contribution in [0.3, 0.4) is 0 Å². The van der Waals surface area contributed by atoms with Crippen molar-refractivity contribution in [2.24, 2.45) is 0 Å². The van der Waals surface area contributed by atoms with Crippen molar-refractivity contribution in [2.75, 3.05) is 13.7 Å². The Morgan fingerprint density at radius 1 is 1.38 bits per heavy atom. The standard InChI is InChI=1S/C13H19NO2/c1-10-5-4-6-12(11(10)2)9-14-8-7-13(15)16-3/h4-6,14H,7-9H2,1-3H3. The highest BCUT2D eigenvalue weighted by Gasteiger charge is 2.01. The topological polar surface area (TPSA) is 38.3 Å². The minimum Gasteiger partial charge on any atom is -0.469 e. The first-order valence-electron chi connectivity index (χ1n) is 5.47. The zero-order chi connectivity index (χ0) is 12.0. The zero-order valence-electron chi connectivity index (χ0n) is 10.2. The molecule has 0 amide bonds. The normalized spacial score (nSPS) is 10.2. The van der Waals surface area contributed by atoms with Crippen LogP contribution in [-0.4, -0.2) is 19.6 Å². The van der Waals surface area contributed by atoms with Crippen molar-refractivity contribution in [3.63, 3.8) is 0 Å². The van der Waals surface area contributed by atoms with Crippen LogP contribution in [0.25, 0.3) is 0 Å². The van der Waals surface area contributed by atoms with Gasteiger partial charge in [0.1, 0.15) is 0 Å². The molecule has 0 aromatic heterocycles. The molecule has 3 heteroatoms. The highest BCUT2D eigenvalue weighted by Crippen LogP contribution is 2.11.